The molecular formula is C18H24N4O4. The zero-order valence-corrected chi connectivity index (χ0v) is 15.1. The van der Waals surface area contributed by atoms with E-state index in [1.54, 1.807) is 0 Å². The van der Waals surface area contributed by atoms with E-state index in [-0.39, 0.29) is 6.54 Å². The number of aryl methyl sites for hydroxylation is 1. The summed E-state index contributed by atoms with van der Waals surface area (Å²) in [6, 6.07) is 6.30. The number of hydrogen-bond donors (Lipinski definition) is 3. The molecule has 0 unspecified atom stereocenters. The summed E-state index contributed by atoms with van der Waals surface area (Å²) in [7, 11) is 3.17. The van der Waals surface area contributed by atoms with Crippen molar-refractivity contribution < 1.29 is 19.1 Å². The lowest BCUT2D eigenvalue weighted by Crippen LogP contribution is -2.48. The standard InChI is InChI=1S/C18H24N4O4/c1-11(18(25)26-3)21-16(23)9-20-17(24)14(19)8-12-10-22(2)15-7-5-4-6-13(12)15/h4-7,10-11,14H,8-9,19H2,1-3H3,(H,20,24)(H,21,23)/t11-,14+/m1/s1. The Labute approximate surface area is 151 Å². The third-order valence-electron chi connectivity index (χ3n) is 4.11. The summed E-state index contributed by atoms with van der Waals surface area (Å²) in [4.78, 5) is 35.2. The van der Waals surface area contributed by atoms with Crippen molar-refractivity contribution in [2.24, 2.45) is 12.8 Å². The molecular weight excluding hydrogens is 336 g/mol. The van der Waals surface area contributed by atoms with Crippen molar-refractivity contribution in [3.63, 3.8) is 0 Å². The maximum Gasteiger partial charge on any atom is 0.328 e. The van der Waals surface area contributed by atoms with E-state index >= 15 is 0 Å². The van der Waals surface area contributed by atoms with Crippen LogP contribution >= 0.6 is 0 Å². The minimum Gasteiger partial charge on any atom is -0.467 e. The number of hydrogen-bond acceptors (Lipinski definition) is 5. The molecule has 0 fully saturated rings. The average molecular weight is 360 g/mol. The number of ether oxygens (including phenoxy) is 1. The number of para-hydroxylation sites is 1. The zero-order valence-electron chi connectivity index (χ0n) is 15.1. The van der Waals surface area contributed by atoms with Crippen LogP contribution in [0.25, 0.3) is 10.9 Å². The number of nitrogens with one attached hydrogen (secondary N) is 2. The lowest BCUT2D eigenvalue weighted by molar-refractivity contribution is -0.144. The minimum absolute atomic E-state index is 0.261. The van der Waals surface area contributed by atoms with Gasteiger partial charge >= 0.3 is 5.97 Å². The fraction of sp³-hybridized carbons (Fsp3) is 0.389. The van der Waals surface area contributed by atoms with Gasteiger partial charge in [-0.1, -0.05) is 18.2 Å². The van der Waals surface area contributed by atoms with Crippen molar-refractivity contribution in [2.45, 2.75) is 25.4 Å². The Morgan fingerprint density at radius 2 is 1.96 bits per heavy atom. The number of rotatable bonds is 7. The van der Waals surface area contributed by atoms with Gasteiger partial charge in [0.1, 0.15) is 6.04 Å². The first kappa shape index (κ1) is 19.5. The van der Waals surface area contributed by atoms with Crippen LogP contribution in [-0.4, -0.2) is 48.1 Å². The Hall–Kier alpha value is -2.87. The first-order valence-corrected chi connectivity index (χ1v) is 8.27. The topological polar surface area (TPSA) is 115 Å². The van der Waals surface area contributed by atoms with Crippen LogP contribution < -0.4 is 16.4 Å². The Kier molecular flexibility index (Phi) is 6.35. The monoisotopic (exact) mass is 360 g/mol. The third-order valence-corrected chi connectivity index (χ3v) is 4.11. The van der Waals surface area contributed by atoms with Crippen molar-refractivity contribution in [1.29, 1.82) is 0 Å². The lowest BCUT2D eigenvalue weighted by Gasteiger charge is -2.14. The van der Waals surface area contributed by atoms with Crippen molar-refractivity contribution >= 4 is 28.7 Å². The number of aromatic nitrogens is 1. The van der Waals surface area contributed by atoms with Crippen LogP contribution in [0.15, 0.2) is 30.5 Å². The molecule has 2 rings (SSSR count). The number of nitrogens with zero attached hydrogens (tertiary/aromatic N) is 1. The Morgan fingerprint density at radius 3 is 2.65 bits per heavy atom. The fourth-order valence-electron chi connectivity index (χ4n) is 2.74. The second-order valence-electron chi connectivity index (χ2n) is 6.12. The quantitative estimate of drug-likeness (QED) is 0.594. The van der Waals surface area contributed by atoms with Gasteiger partial charge in [-0.15, -0.1) is 0 Å². The van der Waals surface area contributed by atoms with Gasteiger partial charge in [-0.3, -0.25) is 9.59 Å². The predicted octanol–water partition coefficient (Wildman–Crippen LogP) is -0.158. The van der Waals surface area contributed by atoms with E-state index < -0.39 is 29.9 Å². The Bertz CT molecular complexity index is 815. The molecule has 0 bridgehead atoms. The van der Waals surface area contributed by atoms with Crippen LogP contribution in [0.3, 0.4) is 0 Å². The normalized spacial score (nSPS) is 13.1. The molecule has 2 atom stereocenters. The third kappa shape index (κ3) is 4.60. The van der Waals surface area contributed by atoms with Gasteiger partial charge in [-0.2, -0.15) is 0 Å². The van der Waals surface area contributed by atoms with E-state index in [4.69, 9.17) is 5.73 Å². The number of methoxy groups -OCH3 is 1. The molecule has 2 aromatic rings. The van der Waals surface area contributed by atoms with E-state index in [1.165, 1.54) is 14.0 Å². The number of nitrogens with two attached hydrogens (primary N) is 1. The van der Waals surface area contributed by atoms with Gasteiger partial charge in [0.25, 0.3) is 0 Å². The smallest absolute Gasteiger partial charge is 0.328 e. The van der Waals surface area contributed by atoms with Crippen LogP contribution in [0, 0.1) is 0 Å². The zero-order chi connectivity index (χ0) is 19.3. The number of carbonyl (C=O) groups is 3. The average Bonchev–Trinajstić information content (AvgIpc) is 2.94. The molecule has 0 radical (unpaired) electrons. The van der Waals surface area contributed by atoms with Gasteiger partial charge < -0.3 is 25.7 Å². The summed E-state index contributed by atoms with van der Waals surface area (Å²) in [5, 5.41) is 5.96. The highest BCUT2D eigenvalue weighted by Crippen LogP contribution is 2.21. The summed E-state index contributed by atoms with van der Waals surface area (Å²) < 4.78 is 6.50. The van der Waals surface area contributed by atoms with E-state index in [9.17, 15) is 14.4 Å². The number of benzene rings is 1. The maximum absolute atomic E-state index is 12.2. The molecule has 4 N–H and O–H groups in total. The van der Waals surface area contributed by atoms with Gasteiger partial charge in [-0.25, -0.2) is 4.79 Å². The minimum atomic E-state index is -0.786. The second kappa shape index (κ2) is 8.48. The molecule has 1 aromatic heterocycles. The van der Waals surface area contributed by atoms with Gasteiger partial charge in [0, 0.05) is 24.1 Å². The van der Waals surface area contributed by atoms with Crippen LogP contribution in [-0.2, 0) is 32.6 Å². The molecule has 8 heteroatoms. The van der Waals surface area contributed by atoms with Gasteiger partial charge in [-0.05, 0) is 25.0 Å². The van der Waals surface area contributed by atoms with E-state index in [2.05, 4.69) is 15.4 Å². The highest BCUT2D eigenvalue weighted by molar-refractivity contribution is 5.90. The SMILES string of the molecule is COC(=O)[C@@H](C)NC(=O)CNC(=O)[C@@H](N)Cc1cn(C)c2ccccc12. The van der Waals surface area contributed by atoms with Gasteiger partial charge in [0.15, 0.2) is 0 Å². The molecule has 0 saturated heterocycles. The first-order chi connectivity index (χ1) is 12.3. The molecule has 26 heavy (non-hydrogen) atoms. The predicted molar refractivity (Wildman–Crippen MR) is 97.2 cm³/mol. The molecule has 1 aromatic carbocycles. The number of carbonyl (C=O) groups excluding carboxylic acids is 3. The maximum atomic E-state index is 12.2. The Morgan fingerprint density at radius 1 is 1.27 bits per heavy atom. The number of amides is 2. The largest absolute Gasteiger partial charge is 0.467 e. The highest BCUT2D eigenvalue weighted by atomic mass is 16.5. The lowest BCUT2D eigenvalue weighted by atomic mass is 10.1. The first-order valence-electron chi connectivity index (χ1n) is 8.27. The highest BCUT2D eigenvalue weighted by Gasteiger charge is 2.19. The summed E-state index contributed by atoms with van der Waals surface area (Å²) in [5.41, 5.74) is 8.01. The van der Waals surface area contributed by atoms with E-state index in [1.807, 2.05) is 42.1 Å². The molecule has 8 nitrogen and oxygen atoms in total. The summed E-state index contributed by atoms with van der Waals surface area (Å²) in [5.74, 6) is -1.48. The molecule has 1 heterocycles. The molecule has 2 amide bonds. The summed E-state index contributed by atoms with van der Waals surface area (Å²) in [6.07, 6.45) is 2.30. The van der Waals surface area contributed by atoms with Crippen LogP contribution in [0.1, 0.15) is 12.5 Å². The van der Waals surface area contributed by atoms with Gasteiger partial charge in [0.2, 0.25) is 11.8 Å². The molecule has 0 aliphatic heterocycles. The van der Waals surface area contributed by atoms with Crippen LogP contribution in [0.4, 0.5) is 0 Å². The molecule has 0 spiro atoms. The van der Waals surface area contributed by atoms with Crippen molar-refractivity contribution in [3.8, 4) is 0 Å². The van der Waals surface area contributed by atoms with Crippen molar-refractivity contribution in [1.82, 2.24) is 15.2 Å². The molecule has 0 aliphatic rings. The van der Waals surface area contributed by atoms with Crippen molar-refractivity contribution in [2.75, 3.05) is 13.7 Å². The summed E-state index contributed by atoms with van der Waals surface area (Å²) >= 11 is 0. The number of esters is 1. The molecule has 140 valence electrons. The van der Waals surface area contributed by atoms with Gasteiger partial charge in [0.05, 0.1) is 19.7 Å². The summed E-state index contributed by atoms with van der Waals surface area (Å²) in [6.45, 7) is 1.24. The fourth-order valence-corrected chi connectivity index (χ4v) is 2.74. The second-order valence-corrected chi connectivity index (χ2v) is 6.12. The molecule has 0 saturated carbocycles. The number of fused-ring (bicyclic) bond motifs is 1. The molecule has 0 aliphatic carbocycles. The van der Waals surface area contributed by atoms with E-state index in [0.29, 0.717) is 6.42 Å². The van der Waals surface area contributed by atoms with E-state index in [0.717, 1.165) is 16.5 Å². The van der Waals surface area contributed by atoms with Crippen LogP contribution in [0.5, 0.6) is 0 Å². The van der Waals surface area contributed by atoms with Crippen LogP contribution in [0.2, 0.25) is 0 Å². The van der Waals surface area contributed by atoms with Crippen molar-refractivity contribution in [3.05, 3.63) is 36.0 Å². The Balaban J connectivity index is 1.89.